The van der Waals surface area contributed by atoms with Crippen molar-refractivity contribution in [1.29, 1.82) is 0 Å². The van der Waals surface area contributed by atoms with Crippen LogP contribution in [0.2, 0.25) is 0 Å². The summed E-state index contributed by atoms with van der Waals surface area (Å²) in [6, 6.07) is 0. The van der Waals surface area contributed by atoms with E-state index in [-0.39, 0.29) is 11.4 Å². The molecule has 0 saturated heterocycles. The molecule has 1 N–H and O–H groups in total. The highest BCUT2D eigenvalue weighted by molar-refractivity contribution is 5.71. The number of carbonyl (C=O) groups is 1. The Hall–Kier alpha value is -0.570. The number of nitrogens with one attached hydrogen (secondary N) is 1. The van der Waals surface area contributed by atoms with Crippen LogP contribution in [-0.2, 0) is 9.53 Å². The first kappa shape index (κ1) is 12.4. The van der Waals surface area contributed by atoms with E-state index in [4.69, 9.17) is 0 Å². The molecular weight excluding hydrogens is 166 g/mol. The molecule has 0 radical (unpaired) electrons. The van der Waals surface area contributed by atoms with E-state index in [0.717, 1.165) is 6.54 Å². The fraction of sp³-hybridized carbons (Fsp3) is 0.900. The molecule has 0 aromatic rings. The van der Waals surface area contributed by atoms with Crippen LogP contribution >= 0.6 is 0 Å². The summed E-state index contributed by atoms with van der Waals surface area (Å²) in [5.41, 5.74) is 0.281. The molecule has 3 nitrogen and oxygen atoms in total. The monoisotopic (exact) mass is 187 g/mol. The number of ether oxygens (including phenoxy) is 1. The minimum Gasteiger partial charge on any atom is -0.468 e. The SMILES string of the molecule is COC(=O)CNCC(C)C(C)(C)C. The number of hydrogen-bond acceptors (Lipinski definition) is 3. The molecule has 0 fully saturated rings. The third-order valence-electron chi connectivity index (χ3n) is 2.43. The van der Waals surface area contributed by atoms with Crippen molar-refractivity contribution in [3.05, 3.63) is 0 Å². The number of carbonyl (C=O) groups excluding carboxylic acids is 1. The van der Waals surface area contributed by atoms with Gasteiger partial charge in [-0.25, -0.2) is 0 Å². The zero-order valence-electron chi connectivity index (χ0n) is 9.31. The lowest BCUT2D eigenvalue weighted by Gasteiger charge is -2.27. The van der Waals surface area contributed by atoms with E-state index in [1.807, 2.05) is 0 Å². The van der Waals surface area contributed by atoms with Gasteiger partial charge in [-0.1, -0.05) is 27.7 Å². The summed E-state index contributed by atoms with van der Waals surface area (Å²) < 4.78 is 4.52. The Balaban J connectivity index is 3.60. The van der Waals surface area contributed by atoms with E-state index in [0.29, 0.717) is 12.5 Å². The normalized spacial score (nSPS) is 13.9. The molecule has 78 valence electrons. The van der Waals surface area contributed by atoms with Gasteiger partial charge in [0, 0.05) is 0 Å². The molecular formula is C10H21NO2. The highest BCUT2D eigenvalue weighted by Gasteiger charge is 2.19. The largest absolute Gasteiger partial charge is 0.468 e. The Morgan fingerprint density at radius 2 is 2.00 bits per heavy atom. The van der Waals surface area contributed by atoms with Gasteiger partial charge in [-0.05, 0) is 17.9 Å². The highest BCUT2D eigenvalue weighted by Crippen LogP contribution is 2.24. The van der Waals surface area contributed by atoms with Crippen LogP contribution in [0.3, 0.4) is 0 Å². The summed E-state index contributed by atoms with van der Waals surface area (Å²) >= 11 is 0. The Bertz CT molecular complexity index is 161. The third kappa shape index (κ3) is 5.64. The van der Waals surface area contributed by atoms with E-state index >= 15 is 0 Å². The molecule has 0 bridgehead atoms. The van der Waals surface area contributed by atoms with Crippen molar-refractivity contribution in [1.82, 2.24) is 5.32 Å². The van der Waals surface area contributed by atoms with Gasteiger partial charge in [-0.3, -0.25) is 4.79 Å². The van der Waals surface area contributed by atoms with Crippen molar-refractivity contribution in [2.45, 2.75) is 27.7 Å². The first-order chi connectivity index (χ1) is 5.88. The third-order valence-corrected chi connectivity index (χ3v) is 2.43. The summed E-state index contributed by atoms with van der Waals surface area (Å²) in [6.07, 6.45) is 0. The molecule has 0 aliphatic heterocycles. The maximum absolute atomic E-state index is 10.8. The first-order valence-electron chi connectivity index (χ1n) is 4.65. The van der Waals surface area contributed by atoms with Gasteiger partial charge in [0.1, 0.15) is 0 Å². The van der Waals surface area contributed by atoms with E-state index < -0.39 is 0 Å². The van der Waals surface area contributed by atoms with Crippen molar-refractivity contribution < 1.29 is 9.53 Å². The van der Waals surface area contributed by atoms with E-state index in [1.54, 1.807) is 0 Å². The van der Waals surface area contributed by atoms with Crippen molar-refractivity contribution in [3.63, 3.8) is 0 Å². The van der Waals surface area contributed by atoms with Crippen LogP contribution in [0.1, 0.15) is 27.7 Å². The van der Waals surface area contributed by atoms with Crippen LogP contribution < -0.4 is 5.32 Å². The molecule has 0 rings (SSSR count). The van der Waals surface area contributed by atoms with Crippen molar-refractivity contribution in [2.24, 2.45) is 11.3 Å². The van der Waals surface area contributed by atoms with Gasteiger partial charge in [0.15, 0.2) is 0 Å². The van der Waals surface area contributed by atoms with Gasteiger partial charge in [-0.2, -0.15) is 0 Å². The molecule has 3 heteroatoms. The first-order valence-corrected chi connectivity index (χ1v) is 4.65. The van der Waals surface area contributed by atoms with Crippen molar-refractivity contribution >= 4 is 5.97 Å². The minimum atomic E-state index is -0.207. The highest BCUT2D eigenvalue weighted by atomic mass is 16.5. The van der Waals surface area contributed by atoms with Crippen LogP contribution in [-0.4, -0.2) is 26.2 Å². The Kier molecular flexibility index (Phi) is 4.99. The predicted octanol–water partition coefficient (Wildman–Crippen LogP) is 1.43. The van der Waals surface area contributed by atoms with Crippen molar-refractivity contribution in [3.8, 4) is 0 Å². The predicted molar refractivity (Wildman–Crippen MR) is 53.5 cm³/mol. The van der Waals surface area contributed by atoms with Gasteiger partial charge in [0.2, 0.25) is 0 Å². The van der Waals surface area contributed by atoms with Crippen LogP contribution in [0.4, 0.5) is 0 Å². The summed E-state index contributed by atoms with van der Waals surface area (Å²) in [4.78, 5) is 10.8. The minimum absolute atomic E-state index is 0.207. The molecule has 13 heavy (non-hydrogen) atoms. The molecule has 0 aromatic carbocycles. The summed E-state index contributed by atoms with van der Waals surface area (Å²) in [5.74, 6) is 0.332. The number of rotatable bonds is 4. The van der Waals surface area contributed by atoms with Crippen LogP contribution in [0.25, 0.3) is 0 Å². The number of methoxy groups -OCH3 is 1. The maximum atomic E-state index is 10.8. The molecule has 0 aliphatic rings. The lowest BCUT2D eigenvalue weighted by molar-refractivity contribution is -0.139. The lowest BCUT2D eigenvalue weighted by Crippen LogP contribution is -2.33. The molecule has 0 spiro atoms. The molecule has 0 saturated carbocycles. The Morgan fingerprint density at radius 3 is 2.38 bits per heavy atom. The van der Waals surface area contributed by atoms with Gasteiger partial charge in [0.05, 0.1) is 13.7 Å². The molecule has 0 aliphatic carbocycles. The molecule has 1 unspecified atom stereocenters. The second kappa shape index (κ2) is 5.22. The Labute approximate surface area is 80.8 Å². The number of esters is 1. The second-order valence-corrected chi connectivity index (χ2v) is 4.47. The van der Waals surface area contributed by atoms with Gasteiger partial charge >= 0.3 is 5.97 Å². The smallest absolute Gasteiger partial charge is 0.319 e. The van der Waals surface area contributed by atoms with Gasteiger partial charge in [-0.15, -0.1) is 0 Å². The van der Waals surface area contributed by atoms with Crippen LogP contribution in [0, 0.1) is 11.3 Å². The summed E-state index contributed by atoms with van der Waals surface area (Å²) in [7, 11) is 1.40. The average molecular weight is 187 g/mol. The standard InChI is InChI=1S/C10H21NO2/c1-8(10(2,3)4)6-11-7-9(12)13-5/h8,11H,6-7H2,1-5H3. The average Bonchev–Trinajstić information content (AvgIpc) is 2.02. The number of hydrogen-bond donors (Lipinski definition) is 1. The maximum Gasteiger partial charge on any atom is 0.319 e. The molecule has 1 atom stereocenters. The van der Waals surface area contributed by atoms with Gasteiger partial charge < -0.3 is 10.1 Å². The summed E-state index contributed by atoms with van der Waals surface area (Å²) in [5, 5.41) is 3.07. The topological polar surface area (TPSA) is 38.3 Å². The second-order valence-electron chi connectivity index (χ2n) is 4.47. The molecule has 0 aromatic heterocycles. The van der Waals surface area contributed by atoms with Crippen LogP contribution in [0.15, 0.2) is 0 Å². The summed E-state index contributed by atoms with van der Waals surface area (Å²) in [6.45, 7) is 9.90. The quantitative estimate of drug-likeness (QED) is 0.677. The fourth-order valence-electron chi connectivity index (χ4n) is 0.769. The fourth-order valence-corrected chi connectivity index (χ4v) is 0.769. The van der Waals surface area contributed by atoms with E-state index in [1.165, 1.54) is 7.11 Å². The van der Waals surface area contributed by atoms with E-state index in [9.17, 15) is 4.79 Å². The molecule has 0 heterocycles. The zero-order valence-corrected chi connectivity index (χ0v) is 9.31. The Morgan fingerprint density at radius 1 is 1.46 bits per heavy atom. The van der Waals surface area contributed by atoms with Crippen molar-refractivity contribution in [2.75, 3.05) is 20.2 Å². The lowest BCUT2D eigenvalue weighted by atomic mass is 9.82. The zero-order chi connectivity index (χ0) is 10.5. The molecule has 0 amide bonds. The van der Waals surface area contributed by atoms with Gasteiger partial charge in [0.25, 0.3) is 0 Å². The van der Waals surface area contributed by atoms with Crippen LogP contribution in [0.5, 0.6) is 0 Å². The van der Waals surface area contributed by atoms with E-state index in [2.05, 4.69) is 37.7 Å².